The summed E-state index contributed by atoms with van der Waals surface area (Å²) in [6, 6.07) is 7.79. The molecule has 1 aliphatic rings. The molecule has 1 aromatic carbocycles. The molecular formula is C13H16IN5O2. The van der Waals surface area contributed by atoms with Gasteiger partial charge in [0.25, 0.3) is 0 Å². The molecule has 1 unspecified atom stereocenters. The zero-order valence-corrected chi connectivity index (χ0v) is 13.9. The Morgan fingerprint density at radius 2 is 2.19 bits per heavy atom. The van der Waals surface area contributed by atoms with Crippen LogP contribution >= 0.6 is 22.6 Å². The number of hydrogen-bond acceptors (Lipinski definition) is 7. The highest BCUT2D eigenvalue weighted by Crippen LogP contribution is 2.15. The zero-order chi connectivity index (χ0) is 15.1. The summed E-state index contributed by atoms with van der Waals surface area (Å²) in [6.45, 7) is 2.22. The van der Waals surface area contributed by atoms with Crippen LogP contribution in [-0.4, -0.2) is 29.0 Å². The Morgan fingerprint density at radius 1 is 1.38 bits per heavy atom. The molecular weight excluding hydrogens is 385 g/mol. The third-order valence-electron chi connectivity index (χ3n) is 2.66. The van der Waals surface area contributed by atoms with Crippen LogP contribution in [0.4, 0.5) is 0 Å². The molecule has 2 rings (SSSR count). The van der Waals surface area contributed by atoms with Crippen LogP contribution in [-0.2, 0) is 16.3 Å². The van der Waals surface area contributed by atoms with E-state index in [1.165, 1.54) is 7.11 Å². The van der Waals surface area contributed by atoms with Gasteiger partial charge >= 0.3 is 0 Å². The van der Waals surface area contributed by atoms with Crippen LogP contribution in [0, 0.1) is 0 Å². The number of benzene rings is 1. The summed E-state index contributed by atoms with van der Waals surface area (Å²) >= 11 is 2.10. The Bertz CT molecular complexity index is 569. The van der Waals surface area contributed by atoms with Crippen LogP contribution in [0.5, 0.6) is 0 Å². The molecule has 0 fully saturated rings. The van der Waals surface area contributed by atoms with Crippen molar-refractivity contribution < 1.29 is 9.68 Å². The van der Waals surface area contributed by atoms with Crippen molar-refractivity contribution in [1.29, 1.82) is 0 Å². The van der Waals surface area contributed by atoms with Crippen LogP contribution in [0.15, 0.2) is 39.6 Å². The maximum absolute atomic E-state index is 5.32. The van der Waals surface area contributed by atoms with E-state index in [1.807, 2.05) is 31.2 Å². The molecule has 0 saturated heterocycles. The number of oxime groups is 2. The molecule has 8 heteroatoms. The molecule has 1 atom stereocenters. The second-order valence-electron chi connectivity index (χ2n) is 4.15. The van der Waals surface area contributed by atoms with Gasteiger partial charge in [-0.05, 0) is 29.5 Å². The fourth-order valence-electron chi connectivity index (χ4n) is 1.84. The molecule has 0 saturated carbocycles. The number of rotatable bonds is 6. The van der Waals surface area contributed by atoms with Gasteiger partial charge in [0.2, 0.25) is 0 Å². The molecule has 0 bridgehead atoms. The summed E-state index contributed by atoms with van der Waals surface area (Å²) in [6.07, 6.45) is 1.28. The van der Waals surface area contributed by atoms with Gasteiger partial charge in [-0.1, -0.05) is 34.6 Å². The van der Waals surface area contributed by atoms with Crippen molar-refractivity contribution in [3.63, 3.8) is 0 Å². The Hall–Kier alpha value is -1.68. The third kappa shape index (κ3) is 4.39. The van der Waals surface area contributed by atoms with Crippen LogP contribution in [0.25, 0.3) is 0 Å². The van der Waals surface area contributed by atoms with Crippen LogP contribution in [0.2, 0.25) is 0 Å². The molecule has 1 heterocycles. The van der Waals surface area contributed by atoms with E-state index < -0.39 is 0 Å². The minimum Gasteiger partial charge on any atom is -0.399 e. The Balaban J connectivity index is 2.26. The number of nitrogens with zero attached hydrogens (tertiary/aromatic N) is 3. The molecule has 0 aliphatic carbocycles. The molecule has 112 valence electrons. The predicted molar refractivity (Wildman–Crippen MR) is 90.5 cm³/mol. The zero-order valence-electron chi connectivity index (χ0n) is 11.7. The van der Waals surface area contributed by atoms with E-state index in [0.717, 1.165) is 14.8 Å². The van der Waals surface area contributed by atoms with Crippen molar-refractivity contribution in [2.75, 3.05) is 7.11 Å². The van der Waals surface area contributed by atoms with Gasteiger partial charge in [0, 0.05) is 11.1 Å². The van der Waals surface area contributed by atoms with E-state index in [1.54, 1.807) is 6.34 Å². The lowest BCUT2D eigenvalue weighted by molar-refractivity contribution is 0.131. The van der Waals surface area contributed by atoms with Crippen molar-refractivity contribution in [2.24, 2.45) is 15.3 Å². The van der Waals surface area contributed by atoms with E-state index in [-0.39, 0.29) is 6.17 Å². The number of nitrogens with one attached hydrogen (secondary N) is 2. The van der Waals surface area contributed by atoms with E-state index in [4.69, 9.17) is 9.68 Å². The third-order valence-corrected chi connectivity index (χ3v) is 2.86. The highest BCUT2D eigenvalue weighted by molar-refractivity contribution is 14.1. The lowest BCUT2D eigenvalue weighted by Crippen LogP contribution is -2.38. The second-order valence-corrected chi connectivity index (χ2v) is 5.71. The largest absolute Gasteiger partial charge is 0.399 e. The van der Waals surface area contributed by atoms with Gasteiger partial charge < -0.3 is 15.1 Å². The quantitative estimate of drug-likeness (QED) is 0.433. The topological polar surface area (TPSA) is 79.6 Å². The molecule has 21 heavy (non-hydrogen) atoms. The van der Waals surface area contributed by atoms with Gasteiger partial charge in [0.15, 0.2) is 6.17 Å². The number of hydrogen-bond donors (Lipinski definition) is 2. The van der Waals surface area contributed by atoms with Gasteiger partial charge in [0.05, 0.1) is 6.34 Å². The van der Waals surface area contributed by atoms with E-state index in [9.17, 15) is 0 Å². The first kappa shape index (κ1) is 15.7. The summed E-state index contributed by atoms with van der Waals surface area (Å²) in [5.41, 5.74) is 8.35. The van der Waals surface area contributed by atoms with E-state index >= 15 is 0 Å². The van der Waals surface area contributed by atoms with Crippen molar-refractivity contribution in [3.05, 3.63) is 35.4 Å². The van der Waals surface area contributed by atoms with Gasteiger partial charge in [-0.15, -0.1) is 0 Å². The second kappa shape index (κ2) is 7.93. The summed E-state index contributed by atoms with van der Waals surface area (Å²) < 4.78 is 0.835. The first-order valence-corrected chi connectivity index (χ1v) is 7.34. The summed E-state index contributed by atoms with van der Waals surface area (Å²) in [5, 5.41) is 8.03. The van der Waals surface area contributed by atoms with Crippen molar-refractivity contribution >= 4 is 38.4 Å². The molecule has 0 amide bonds. The molecule has 0 spiro atoms. The fraction of sp³-hybridized carbons (Fsp3) is 0.308. The highest BCUT2D eigenvalue weighted by Gasteiger charge is 2.22. The average Bonchev–Trinajstić information content (AvgIpc) is 2.99. The van der Waals surface area contributed by atoms with Crippen LogP contribution in [0.3, 0.4) is 0 Å². The monoisotopic (exact) mass is 401 g/mol. The maximum Gasteiger partial charge on any atom is 0.164 e. The Morgan fingerprint density at radius 3 is 2.86 bits per heavy atom. The number of hydrazine groups is 1. The summed E-state index contributed by atoms with van der Waals surface area (Å²) in [4.78, 5) is 14.5. The van der Waals surface area contributed by atoms with Crippen molar-refractivity contribution in [2.45, 2.75) is 19.7 Å². The fourth-order valence-corrected chi connectivity index (χ4v) is 1.98. The van der Waals surface area contributed by atoms with Gasteiger partial charge in [-0.3, -0.25) is 0 Å². The molecule has 7 nitrogen and oxygen atoms in total. The minimum absolute atomic E-state index is 0.305. The standard InChI is InChI=1S/C13H16IN5O2/c1-9(14)18-21-7-10-5-3-4-6-11(10)12(19-20-2)13-15-8-16-17-13/h3-6,8,13,17H,7H2,1-2H3,(H,15,16)/b18-9+,19-12+. The predicted octanol–water partition coefficient (Wildman–Crippen LogP) is 1.78. The first-order valence-electron chi connectivity index (χ1n) is 6.26. The lowest BCUT2D eigenvalue weighted by Gasteiger charge is -2.14. The van der Waals surface area contributed by atoms with Gasteiger partial charge in [-0.2, -0.15) is 0 Å². The van der Waals surface area contributed by atoms with Crippen LogP contribution < -0.4 is 10.9 Å². The number of aliphatic imine (C=N–C) groups is 1. The van der Waals surface area contributed by atoms with Crippen molar-refractivity contribution in [1.82, 2.24) is 10.9 Å². The first-order chi connectivity index (χ1) is 10.2. The van der Waals surface area contributed by atoms with Gasteiger partial charge in [-0.25, -0.2) is 10.4 Å². The van der Waals surface area contributed by atoms with E-state index in [2.05, 4.69) is 48.7 Å². The Labute approximate surface area is 136 Å². The molecule has 1 aliphatic heterocycles. The normalized spacial score (nSPS) is 18.5. The molecule has 0 radical (unpaired) electrons. The SMILES string of the molecule is CO/N=C(\c1ccccc1CO/N=C(\C)I)C1N=CNN1. The maximum atomic E-state index is 5.32. The summed E-state index contributed by atoms with van der Waals surface area (Å²) in [7, 11) is 1.51. The average molecular weight is 401 g/mol. The van der Waals surface area contributed by atoms with Crippen LogP contribution in [0.1, 0.15) is 18.1 Å². The lowest BCUT2D eigenvalue weighted by atomic mass is 10.0. The number of halogens is 1. The smallest absolute Gasteiger partial charge is 0.164 e. The molecule has 1 aromatic rings. The molecule has 0 aromatic heterocycles. The highest BCUT2D eigenvalue weighted by atomic mass is 127. The van der Waals surface area contributed by atoms with Gasteiger partial charge in [0.1, 0.15) is 23.1 Å². The van der Waals surface area contributed by atoms with Crippen molar-refractivity contribution in [3.8, 4) is 0 Å². The minimum atomic E-state index is -0.305. The van der Waals surface area contributed by atoms with E-state index in [0.29, 0.717) is 12.3 Å². The molecule has 2 N–H and O–H groups in total. The summed E-state index contributed by atoms with van der Waals surface area (Å²) in [5.74, 6) is 0. The Kier molecular flexibility index (Phi) is 5.93.